The van der Waals surface area contributed by atoms with Crippen molar-refractivity contribution in [1.82, 2.24) is 15.1 Å². The standard InChI is InChI=1S/C22H26FN3O3S/c1-3-10-25(22(28)24-4-2)14-21(27)26-11-8-20-18(9-12-30-20)19(26)15-29-17-7-5-6-16(23)13-17/h3,5-7,9,12-13,19H,1,4,8,10-11,14-15H2,2H3,(H,24,28)/t19-/m0/s1. The second kappa shape index (κ2) is 10.2. The number of urea groups is 1. The van der Waals surface area contributed by atoms with Crippen LogP contribution in [-0.4, -0.2) is 54.5 Å². The van der Waals surface area contributed by atoms with Crippen LogP contribution in [0.5, 0.6) is 5.75 Å². The first-order chi connectivity index (χ1) is 14.5. The number of thiophene rings is 1. The number of hydrogen-bond donors (Lipinski definition) is 1. The first-order valence-electron chi connectivity index (χ1n) is 9.91. The maximum atomic E-state index is 13.5. The van der Waals surface area contributed by atoms with Crippen LogP contribution in [0, 0.1) is 5.82 Å². The highest BCUT2D eigenvalue weighted by Crippen LogP contribution is 2.34. The third-order valence-corrected chi connectivity index (χ3v) is 5.91. The molecular formula is C22H26FN3O3S. The summed E-state index contributed by atoms with van der Waals surface area (Å²) in [4.78, 5) is 29.8. The Bertz CT molecular complexity index is 901. The van der Waals surface area contributed by atoms with Crippen LogP contribution < -0.4 is 10.1 Å². The minimum atomic E-state index is -0.373. The molecule has 0 spiro atoms. The summed E-state index contributed by atoms with van der Waals surface area (Å²) in [5, 5.41) is 4.73. The lowest BCUT2D eigenvalue weighted by atomic mass is 10.0. The number of nitrogens with zero attached hydrogens (tertiary/aromatic N) is 2. The second-order valence-electron chi connectivity index (χ2n) is 6.93. The Hall–Kier alpha value is -2.87. The summed E-state index contributed by atoms with van der Waals surface area (Å²) in [6.45, 7) is 6.96. The van der Waals surface area contributed by atoms with E-state index in [1.165, 1.54) is 21.9 Å². The zero-order valence-electron chi connectivity index (χ0n) is 17.0. The van der Waals surface area contributed by atoms with Crippen LogP contribution in [-0.2, 0) is 11.2 Å². The molecule has 1 atom stereocenters. The van der Waals surface area contributed by atoms with Crippen LogP contribution in [0.25, 0.3) is 0 Å². The van der Waals surface area contributed by atoms with Gasteiger partial charge in [-0.15, -0.1) is 17.9 Å². The lowest BCUT2D eigenvalue weighted by molar-refractivity contribution is -0.135. The van der Waals surface area contributed by atoms with Gasteiger partial charge < -0.3 is 19.9 Å². The SMILES string of the molecule is C=CCN(CC(=O)N1CCc2sccc2[C@@H]1COc1cccc(F)c1)C(=O)NCC. The molecule has 0 aliphatic carbocycles. The molecule has 0 saturated heterocycles. The predicted octanol–water partition coefficient (Wildman–Crippen LogP) is 3.61. The second-order valence-corrected chi connectivity index (χ2v) is 7.93. The summed E-state index contributed by atoms with van der Waals surface area (Å²) in [5.41, 5.74) is 1.05. The summed E-state index contributed by atoms with van der Waals surface area (Å²) in [6.07, 6.45) is 2.36. The first-order valence-corrected chi connectivity index (χ1v) is 10.8. The van der Waals surface area contributed by atoms with Crippen molar-refractivity contribution < 1.29 is 18.7 Å². The van der Waals surface area contributed by atoms with Gasteiger partial charge in [-0.25, -0.2) is 9.18 Å². The van der Waals surface area contributed by atoms with Crippen molar-refractivity contribution >= 4 is 23.3 Å². The molecule has 3 amide bonds. The van der Waals surface area contributed by atoms with E-state index in [9.17, 15) is 14.0 Å². The quantitative estimate of drug-likeness (QED) is 0.650. The molecule has 0 fully saturated rings. The average molecular weight is 432 g/mol. The van der Waals surface area contributed by atoms with Crippen molar-refractivity contribution in [3.8, 4) is 5.75 Å². The molecule has 6 nitrogen and oxygen atoms in total. The zero-order valence-corrected chi connectivity index (χ0v) is 17.8. The number of benzene rings is 1. The van der Waals surface area contributed by atoms with Gasteiger partial charge in [-0.3, -0.25) is 4.79 Å². The van der Waals surface area contributed by atoms with Crippen molar-refractivity contribution in [1.29, 1.82) is 0 Å². The van der Waals surface area contributed by atoms with Crippen LogP contribution >= 0.6 is 11.3 Å². The van der Waals surface area contributed by atoms with Gasteiger partial charge in [-0.05, 0) is 42.5 Å². The summed E-state index contributed by atoms with van der Waals surface area (Å²) in [5.74, 6) is -0.115. The van der Waals surface area contributed by atoms with Gasteiger partial charge in [0.15, 0.2) is 0 Å². The molecule has 30 heavy (non-hydrogen) atoms. The van der Waals surface area contributed by atoms with Gasteiger partial charge in [0.25, 0.3) is 0 Å². The number of halogens is 1. The Morgan fingerprint density at radius 2 is 2.27 bits per heavy atom. The van der Waals surface area contributed by atoms with Gasteiger partial charge in [-0.1, -0.05) is 12.1 Å². The lowest BCUT2D eigenvalue weighted by Crippen LogP contribution is -2.49. The van der Waals surface area contributed by atoms with E-state index in [4.69, 9.17) is 4.74 Å². The fourth-order valence-corrected chi connectivity index (χ4v) is 4.43. The smallest absolute Gasteiger partial charge is 0.318 e. The van der Waals surface area contributed by atoms with Gasteiger partial charge >= 0.3 is 6.03 Å². The molecule has 2 aromatic rings. The Morgan fingerprint density at radius 3 is 3.00 bits per heavy atom. The van der Waals surface area contributed by atoms with Crippen LogP contribution in [0.2, 0.25) is 0 Å². The minimum Gasteiger partial charge on any atom is -0.491 e. The summed E-state index contributed by atoms with van der Waals surface area (Å²) >= 11 is 1.66. The van der Waals surface area contributed by atoms with E-state index < -0.39 is 0 Å². The Kier molecular flexibility index (Phi) is 7.46. The van der Waals surface area contributed by atoms with Gasteiger partial charge in [0, 0.05) is 30.6 Å². The summed E-state index contributed by atoms with van der Waals surface area (Å²) in [6, 6.07) is 7.37. The summed E-state index contributed by atoms with van der Waals surface area (Å²) in [7, 11) is 0. The molecule has 1 aromatic heterocycles. The number of ether oxygens (including phenoxy) is 1. The monoisotopic (exact) mass is 431 g/mol. The molecule has 0 bridgehead atoms. The molecule has 1 aliphatic rings. The van der Waals surface area contributed by atoms with Gasteiger partial charge in [0.2, 0.25) is 5.91 Å². The van der Waals surface area contributed by atoms with E-state index in [1.807, 2.05) is 18.4 Å². The molecule has 1 aromatic carbocycles. The third-order valence-electron chi connectivity index (χ3n) is 4.91. The van der Waals surface area contributed by atoms with E-state index in [0.29, 0.717) is 18.8 Å². The number of rotatable bonds is 8. The molecule has 160 valence electrons. The van der Waals surface area contributed by atoms with Crippen LogP contribution in [0.1, 0.15) is 23.4 Å². The highest BCUT2D eigenvalue weighted by molar-refractivity contribution is 7.10. The predicted molar refractivity (Wildman–Crippen MR) is 115 cm³/mol. The number of amides is 3. The average Bonchev–Trinajstić information content (AvgIpc) is 3.21. The van der Waals surface area contributed by atoms with Gasteiger partial charge in [-0.2, -0.15) is 0 Å². The van der Waals surface area contributed by atoms with Crippen LogP contribution in [0.15, 0.2) is 48.4 Å². The van der Waals surface area contributed by atoms with Gasteiger partial charge in [0.1, 0.15) is 24.7 Å². The highest BCUT2D eigenvalue weighted by Gasteiger charge is 2.33. The molecule has 0 unspecified atom stereocenters. The third kappa shape index (κ3) is 5.18. The van der Waals surface area contributed by atoms with E-state index in [-0.39, 0.29) is 43.5 Å². The number of carbonyl (C=O) groups is 2. The molecule has 2 heterocycles. The molecule has 8 heteroatoms. The number of carbonyl (C=O) groups excluding carboxylic acids is 2. The Labute approximate surface area is 179 Å². The maximum absolute atomic E-state index is 13.5. The first kappa shape index (κ1) is 21.8. The Balaban J connectivity index is 1.76. The van der Waals surface area contributed by atoms with Crippen molar-refractivity contribution in [2.75, 3.05) is 32.8 Å². The van der Waals surface area contributed by atoms with E-state index in [0.717, 1.165) is 12.0 Å². The fourth-order valence-electron chi connectivity index (χ4n) is 3.50. The van der Waals surface area contributed by atoms with Crippen LogP contribution in [0.4, 0.5) is 9.18 Å². The lowest BCUT2D eigenvalue weighted by Gasteiger charge is -2.37. The Morgan fingerprint density at radius 1 is 1.43 bits per heavy atom. The molecule has 3 rings (SSSR count). The van der Waals surface area contributed by atoms with Crippen molar-refractivity contribution in [2.45, 2.75) is 19.4 Å². The molecular weight excluding hydrogens is 405 g/mol. The van der Waals surface area contributed by atoms with E-state index in [1.54, 1.807) is 34.4 Å². The van der Waals surface area contributed by atoms with Crippen molar-refractivity contribution in [3.05, 3.63) is 64.6 Å². The highest BCUT2D eigenvalue weighted by atomic mass is 32.1. The van der Waals surface area contributed by atoms with Crippen molar-refractivity contribution in [2.24, 2.45) is 0 Å². The fraction of sp³-hybridized carbons (Fsp3) is 0.364. The van der Waals surface area contributed by atoms with Gasteiger partial charge in [0.05, 0.1) is 6.04 Å². The molecule has 1 aliphatic heterocycles. The zero-order chi connectivity index (χ0) is 21.5. The molecule has 0 saturated carbocycles. The van der Waals surface area contributed by atoms with Crippen LogP contribution in [0.3, 0.4) is 0 Å². The van der Waals surface area contributed by atoms with E-state index >= 15 is 0 Å². The summed E-state index contributed by atoms with van der Waals surface area (Å²) < 4.78 is 19.3. The minimum absolute atomic E-state index is 0.0478. The topological polar surface area (TPSA) is 61.9 Å². The normalized spacial score (nSPS) is 15.3. The molecule has 0 radical (unpaired) electrons. The molecule has 1 N–H and O–H groups in total. The maximum Gasteiger partial charge on any atom is 0.318 e. The number of hydrogen-bond acceptors (Lipinski definition) is 4. The van der Waals surface area contributed by atoms with Crippen molar-refractivity contribution in [3.63, 3.8) is 0 Å². The number of nitrogens with one attached hydrogen (secondary N) is 1. The number of fused-ring (bicyclic) bond motifs is 1. The van der Waals surface area contributed by atoms with E-state index in [2.05, 4.69) is 11.9 Å². The largest absolute Gasteiger partial charge is 0.491 e.